The summed E-state index contributed by atoms with van der Waals surface area (Å²) in [6, 6.07) is 12.0. The van der Waals surface area contributed by atoms with Gasteiger partial charge in [-0.1, -0.05) is 53.2 Å². The van der Waals surface area contributed by atoms with Crippen molar-refractivity contribution >= 4 is 63.8 Å². The van der Waals surface area contributed by atoms with Gasteiger partial charge in [-0.15, -0.1) is 11.3 Å². The highest BCUT2D eigenvalue weighted by molar-refractivity contribution is 8.00. The average Bonchev–Trinajstić information content (AvgIpc) is 3.08. The SMILES string of the molecule is NC(=O)c1ccccc1NC(=O)Cc1csc(SCc2ccc(Cl)cc2Cl)n1. The Morgan fingerprint density at radius 2 is 1.96 bits per heavy atom. The molecule has 0 spiro atoms. The van der Waals surface area contributed by atoms with Crippen LogP contribution in [-0.4, -0.2) is 16.8 Å². The Labute approximate surface area is 180 Å². The number of rotatable bonds is 7. The van der Waals surface area contributed by atoms with Crippen molar-refractivity contribution in [3.8, 4) is 0 Å². The molecule has 3 N–H and O–H groups in total. The highest BCUT2D eigenvalue weighted by Crippen LogP contribution is 2.30. The first-order chi connectivity index (χ1) is 13.4. The first kappa shape index (κ1) is 20.7. The number of para-hydroxylation sites is 1. The molecule has 0 saturated carbocycles. The molecule has 2 aromatic carbocycles. The zero-order chi connectivity index (χ0) is 20.1. The molecule has 0 saturated heterocycles. The van der Waals surface area contributed by atoms with Gasteiger partial charge in [0, 0.05) is 21.2 Å². The summed E-state index contributed by atoms with van der Waals surface area (Å²) in [5, 5.41) is 5.76. The molecule has 3 rings (SSSR count). The van der Waals surface area contributed by atoms with Crippen LogP contribution in [0.4, 0.5) is 5.69 Å². The van der Waals surface area contributed by atoms with Crippen molar-refractivity contribution in [2.45, 2.75) is 16.5 Å². The molecule has 2 amide bonds. The van der Waals surface area contributed by atoms with Gasteiger partial charge in [-0.25, -0.2) is 4.98 Å². The van der Waals surface area contributed by atoms with Gasteiger partial charge >= 0.3 is 0 Å². The van der Waals surface area contributed by atoms with Gasteiger partial charge in [0.1, 0.15) is 4.34 Å². The van der Waals surface area contributed by atoms with E-state index in [0.717, 1.165) is 9.90 Å². The topological polar surface area (TPSA) is 85.1 Å². The van der Waals surface area contributed by atoms with Gasteiger partial charge < -0.3 is 11.1 Å². The van der Waals surface area contributed by atoms with E-state index in [4.69, 9.17) is 28.9 Å². The van der Waals surface area contributed by atoms with Crippen LogP contribution in [0.1, 0.15) is 21.6 Å². The van der Waals surface area contributed by atoms with Crippen molar-refractivity contribution in [2.24, 2.45) is 5.73 Å². The molecule has 0 aliphatic carbocycles. The van der Waals surface area contributed by atoms with E-state index in [-0.39, 0.29) is 17.9 Å². The number of nitrogens with zero attached hydrogens (tertiary/aromatic N) is 1. The summed E-state index contributed by atoms with van der Waals surface area (Å²) in [7, 11) is 0. The van der Waals surface area contributed by atoms with Crippen molar-refractivity contribution in [3.63, 3.8) is 0 Å². The van der Waals surface area contributed by atoms with E-state index in [0.29, 0.717) is 27.2 Å². The molecule has 1 aromatic heterocycles. The Balaban J connectivity index is 1.58. The van der Waals surface area contributed by atoms with Crippen LogP contribution in [0, 0.1) is 0 Å². The maximum atomic E-state index is 12.3. The quantitative estimate of drug-likeness (QED) is 0.493. The van der Waals surface area contributed by atoms with Gasteiger partial charge in [-0.3, -0.25) is 9.59 Å². The lowest BCUT2D eigenvalue weighted by Crippen LogP contribution is -2.19. The number of hydrogen-bond donors (Lipinski definition) is 2. The van der Waals surface area contributed by atoms with E-state index < -0.39 is 5.91 Å². The number of thiazole rings is 1. The minimum absolute atomic E-state index is 0.103. The molecule has 0 fully saturated rings. The molecule has 28 heavy (non-hydrogen) atoms. The predicted octanol–water partition coefficient (Wildman–Crippen LogP) is 5.02. The highest BCUT2D eigenvalue weighted by Gasteiger charge is 2.13. The van der Waals surface area contributed by atoms with Crippen molar-refractivity contribution in [1.82, 2.24) is 4.98 Å². The van der Waals surface area contributed by atoms with Crippen LogP contribution in [-0.2, 0) is 17.0 Å². The van der Waals surface area contributed by atoms with Crippen molar-refractivity contribution in [3.05, 3.63) is 74.7 Å². The molecule has 9 heteroatoms. The highest BCUT2D eigenvalue weighted by atomic mass is 35.5. The Morgan fingerprint density at radius 1 is 1.18 bits per heavy atom. The third-order valence-corrected chi connectivity index (χ3v) is 6.41. The number of hydrogen-bond acceptors (Lipinski definition) is 5. The second-order valence-corrected chi connectivity index (χ2v) is 8.69. The molecule has 1 heterocycles. The number of aromatic nitrogens is 1. The fraction of sp³-hybridized carbons (Fsp3) is 0.105. The summed E-state index contributed by atoms with van der Waals surface area (Å²) in [6.07, 6.45) is 0.103. The number of benzene rings is 2. The van der Waals surface area contributed by atoms with Crippen LogP contribution in [0.25, 0.3) is 0 Å². The third-order valence-electron chi connectivity index (χ3n) is 3.71. The molecule has 0 radical (unpaired) electrons. The predicted molar refractivity (Wildman–Crippen MR) is 115 cm³/mol. The zero-order valence-electron chi connectivity index (χ0n) is 14.4. The van der Waals surface area contributed by atoms with Gasteiger partial charge in [-0.05, 0) is 29.8 Å². The normalized spacial score (nSPS) is 10.6. The lowest BCUT2D eigenvalue weighted by molar-refractivity contribution is -0.115. The average molecular weight is 452 g/mol. The molecule has 0 aliphatic heterocycles. The molecule has 5 nitrogen and oxygen atoms in total. The summed E-state index contributed by atoms with van der Waals surface area (Å²) < 4.78 is 0.839. The number of anilines is 1. The van der Waals surface area contributed by atoms with Gasteiger partial charge in [0.2, 0.25) is 5.91 Å². The van der Waals surface area contributed by atoms with Crippen LogP contribution in [0.3, 0.4) is 0 Å². The van der Waals surface area contributed by atoms with Gasteiger partial charge in [0.05, 0.1) is 23.4 Å². The summed E-state index contributed by atoms with van der Waals surface area (Å²) >= 11 is 15.1. The Bertz CT molecular complexity index is 1020. The van der Waals surface area contributed by atoms with Crippen LogP contribution in [0.15, 0.2) is 52.2 Å². The minimum Gasteiger partial charge on any atom is -0.366 e. The molecule has 0 aliphatic rings. The van der Waals surface area contributed by atoms with E-state index in [1.165, 1.54) is 23.1 Å². The van der Waals surface area contributed by atoms with Gasteiger partial charge in [-0.2, -0.15) is 0 Å². The third kappa shape index (κ3) is 5.48. The standard InChI is InChI=1S/C19H15Cl2N3O2S2/c20-12-6-5-11(15(21)7-12)9-27-19-23-13(10-28-19)8-17(25)24-16-4-2-1-3-14(16)18(22)26/h1-7,10H,8-9H2,(H2,22,26)(H,24,25). The fourth-order valence-corrected chi connectivity index (χ4v) is 4.78. The van der Waals surface area contributed by atoms with Crippen molar-refractivity contribution in [2.75, 3.05) is 5.32 Å². The van der Waals surface area contributed by atoms with Crippen molar-refractivity contribution in [1.29, 1.82) is 0 Å². The molecule has 0 bridgehead atoms. The monoisotopic (exact) mass is 451 g/mol. The van der Waals surface area contributed by atoms with E-state index in [2.05, 4.69) is 10.3 Å². The first-order valence-electron chi connectivity index (χ1n) is 8.12. The summed E-state index contributed by atoms with van der Waals surface area (Å²) in [5.41, 5.74) is 7.61. The number of halogens is 2. The van der Waals surface area contributed by atoms with E-state index in [1.807, 2.05) is 11.4 Å². The number of amides is 2. The van der Waals surface area contributed by atoms with E-state index in [1.54, 1.807) is 36.4 Å². The smallest absolute Gasteiger partial charge is 0.250 e. The molecular weight excluding hydrogens is 437 g/mol. The minimum atomic E-state index is -0.593. The molecule has 3 aromatic rings. The number of nitrogens with one attached hydrogen (secondary N) is 1. The Hall–Kier alpha value is -2.06. The van der Waals surface area contributed by atoms with Gasteiger partial charge in [0.15, 0.2) is 0 Å². The number of thioether (sulfide) groups is 1. The molecule has 144 valence electrons. The fourth-order valence-electron chi connectivity index (χ4n) is 2.38. The first-order valence-corrected chi connectivity index (χ1v) is 10.7. The maximum Gasteiger partial charge on any atom is 0.250 e. The number of primary amides is 1. The Kier molecular flexibility index (Phi) is 6.96. The number of nitrogens with two attached hydrogens (primary N) is 1. The number of carbonyl (C=O) groups is 2. The largest absolute Gasteiger partial charge is 0.366 e. The second-order valence-electron chi connectivity index (χ2n) is 5.76. The van der Waals surface area contributed by atoms with Crippen LogP contribution in [0.5, 0.6) is 0 Å². The van der Waals surface area contributed by atoms with Crippen LogP contribution < -0.4 is 11.1 Å². The summed E-state index contributed by atoms with van der Waals surface area (Å²) in [5.74, 6) is -0.207. The van der Waals surface area contributed by atoms with E-state index in [9.17, 15) is 9.59 Å². The van der Waals surface area contributed by atoms with Crippen LogP contribution >= 0.6 is 46.3 Å². The number of carbonyl (C=O) groups excluding carboxylic acids is 2. The molecule has 0 unspecified atom stereocenters. The zero-order valence-corrected chi connectivity index (χ0v) is 17.6. The van der Waals surface area contributed by atoms with E-state index >= 15 is 0 Å². The Morgan fingerprint density at radius 3 is 2.71 bits per heavy atom. The molecule has 0 atom stereocenters. The lowest BCUT2D eigenvalue weighted by atomic mass is 10.1. The maximum absolute atomic E-state index is 12.3. The second kappa shape index (κ2) is 9.43. The lowest BCUT2D eigenvalue weighted by Gasteiger charge is -2.07. The molecular formula is C19H15Cl2N3O2S2. The summed E-state index contributed by atoms with van der Waals surface area (Å²) in [6.45, 7) is 0. The summed E-state index contributed by atoms with van der Waals surface area (Å²) in [4.78, 5) is 28.2. The van der Waals surface area contributed by atoms with Crippen LogP contribution in [0.2, 0.25) is 10.0 Å². The van der Waals surface area contributed by atoms with Gasteiger partial charge in [0.25, 0.3) is 5.91 Å². The van der Waals surface area contributed by atoms with Crippen molar-refractivity contribution < 1.29 is 9.59 Å².